The van der Waals surface area contributed by atoms with Gasteiger partial charge in [0.1, 0.15) is 5.82 Å². The molecule has 0 bridgehead atoms. The summed E-state index contributed by atoms with van der Waals surface area (Å²) in [5, 5.41) is 4.48. The molecule has 0 radical (unpaired) electrons. The zero-order valence-electron chi connectivity index (χ0n) is 9.45. The minimum absolute atomic E-state index is 0.594. The zero-order valence-corrected chi connectivity index (χ0v) is 9.45. The van der Waals surface area contributed by atoms with Gasteiger partial charge < -0.3 is 5.73 Å². The molecule has 0 unspecified atom stereocenters. The number of anilines is 1. The van der Waals surface area contributed by atoms with Crippen molar-refractivity contribution in [2.45, 2.75) is 46.6 Å². The van der Waals surface area contributed by atoms with E-state index in [1.807, 2.05) is 10.7 Å². The second-order valence-electron chi connectivity index (χ2n) is 4.24. The molecule has 2 N–H and O–H groups in total. The van der Waals surface area contributed by atoms with Crippen molar-refractivity contribution in [1.82, 2.24) is 9.78 Å². The van der Waals surface area contributed by atoms with Crippen LogP contribution in [0.1, 0.15) is 39.3 Å². The van der Waals surface area contributed by atoms with Crippen molar-refractivity contribution in [2.24, 2.45) is 5.92 Å². The fourth-order valence-corrected chi connectivity index (χ4v) is 1.46. The molecule has 0 fully saturated rings. The summed E-state index contributed by atoms with van der Waals surface area (Å²) in [6.45, 7) is 7.45. The second-order valence-corrected chi connectivity index (χ2v) is 4.24. The summed E-state index contributed by atoms with van der Waals surface area (Å²) in [5.41, 5.74) is 6.99. The van der Waals surface area contributed by atoms with Gasteiger partial charge in [-0.15, -0.1) is 0 Å². The lowest BCUT2D eigenvalue weighted by Crippen LogP contribution is -2.09. The Kier molecular flexibility index (Phi) is 3.98. The van der Waals surface area contributed by atoms with Crippen LogP contribution in [-0.4, -0.2) is 9.78 Å². The fraction of sp³-hybridized carbons (Fsp3) is 0.727. The summed E-state index contributed by atoms with van der Waals surface area (Å²) in [7, 11) is 0. The van der Waals surface area contributed by atoms with E-state index >= 15 is 0 Å². The number of nitrogens with two attached hydrogens (primary N) is 1. The Morgan fingerprint density at radius 2 is 2.21 bits per heavy atom. The van der Waals surface area contributed by atoms with Crippen molar-refractivity contribution in [3.63, 3.8) is 0 Å². The lowest BCUT2D eigenvalue weighted by molar-refractivity contribution is 0.484. The Labute approximate surface area is 86.3 Å². The van der Waals surface area contributed by atoms with Gasteiger partial charge in [0, 0.05) is 12.6 Å². The maximum Gasteiger partial charge on any atom is 0.121 e. The molecule has 0 spiro atoms. The Bertz CT molecular complexity index is 276. The van der Waals surface area contributed by atoms with Crippen molar-refractivity contribution in [1.29, 1.82) is 0 Å². The first kappa shape index (κ1) is 11.1. The highest BCUT2D eigenvalue weighted by molar-refractivity contribution is 5.30. The Morgan fingerprint density at radius 3 is 2.79 bits per heavy atom. The van der Waals surface area contributed by atoms with Gasteiger partial charge in [-0.2, -0.15) is 5.10 Å². The third-order valence-corrected chi connectivity index (χ3v) is 2.19. The van der Waals surface area contributed by atoms with Crippen molar-refractivity contribution >= 4 is 5.82 Å². The van der Waals surface area contributed by atoms with Crippen molar-refractivity contribution < 1.29 is 0 Å². The monoisotopic (exact) mass is 195 g/mol. The van der Waals surface area contributed by atoms with Gasteiger partial charge in [0.2, 0.25) is 0 Å². The lowest BCUT2D eigenvalue weighted by Gasteiger charge is -2.06. The Balaban J connectivity index is 2.62. The van der Waals surface area contributed by atoms with Crippen LogP contribution in [0.15, 0.2) is 6.07 Å². The van der Waals surface area contributed by atoms with Crippen LogP contribution in [-0.2, 0) is 13.0 Å². The van der Waals surface area contributed by atoms with Crippen molar-refractivity contribution in [3.05, 3.63) is 11.8 Å². The quantitative estimate of drug-likeness (QED) is 0.784. The standard InChI is InChI=1S/C11H21N3/c1-4-5-6-10-7-11(12)14(13-10)8-9(2)3/h7,9H,4-6,8,12H2,1-3H3. The molecule has 0 aliphatic rings. The van der Waals surface area contributed by atoms with E-state index in [-0.39, 0.29) is 0 Å². The van der Waals surface area contributed by atoms with Crippen LogP contribution < -0.4 is 5.73 Å². The van der Waals surface area contributed by atoms with E-state index in [1.165, 1.54) is 12.8 Å². The van der Waals surface area contributed by atoms with Gasteiger partial charge in [-0.05, 0) is 18.8 Å². The molecule has 0 saturated heterocycles. The molecule has 0 aliphatic carbocycles. The van der Waals surface area contributed by atoms with E-state index in [0.29, 0.717) is 5.92 Å². The number of nitrogens with zero attached hydrogens (tertiary/aromatic N) is 2. The van der Waals surface area contributed by atoms with Crippen LogP contribution >= 0.6 is 0 Å². The Hall–Kier alpha value is -0.990. The minimum Gasteiger partial charge on any atom is -0.384 e. The number of unbranched alkanes of at least 4 members (excludes halogenated alkanes) is 1. The van der Waals surface area contributed by atoms with E-state index in [0.717, 1.165) is 24.5 Å². The highest BCUT2D eigenvalue weighted by Crippen LogP contribution is 2.11. The van der Waals surface area contributed by atoms with E-state index in [2.05, 4.69) is 25.9 Å². The number of aromatic nitrogens is 2. The number of rotatable bonds is 5. The third-order valence-electron chi connectivity index (χ3n) is 2.19. The predicted molar refractivity (Wildman–Crippen MR) is 60.1 cm³/mol. The first-order chi connectivity index (χ1) is 6.63. The van der Waals surface area contributed by atoms with Crippen LogP contribution in [0.5, 0.6) is 0 Å². The molecule has 1 rings (SSSR count). The smallest absolute Gasteiger partial charge is 0.121 e. The van der Waals surface area contributed by atoms with Gasteiger partial charge in [-0.1, -0.05) is 27.2 Å². The summed E-state index contributed by atoms with van der Waals surface area (Å²) in [6, 6.07) is 2.00. The highest BCUT2D eigenvalue weighted by atomic mass is 15.3. The normalized spacial score (nSPS) is 11.1. The van der Waals surface area contributed by atoms with Gasteiger partial charge in [0.25, 0.3) is 0 Å². The summed E-state index contributed by atoms with van der Waals surface area (Å²) >= 11 is 0. The maximum atomic E-state index is 5.86. The Morgan fingerprint density at radius 1 is 1.50 bits per heavy atom. The highest BCUT2D eigenvalue weighted by Gasteiger charge is 2.05. The molecule has 1 aromatic rings. The number of hydrogen-bond acceptors (Lipinski definition) is 2. The van der Waals surface area contributed by atoms with Gasteiger partial charge in [0.05, 0.1) is 5.69 Å². The van der Waals surface area contributed by atoms with Crippen molar-refractivity contribution in [2.75, 3.05) is 5.73 Å². The molecule has 1 heterocycles. The minimum atomic E-state index is 0.594. The largest absolute Gasteiger partial charge is 0.384 e. The molecule has 1 aromatic heterocycles. The number of aryl methyl sites for hydroxylation is 1. The van der Waals surface area contributed by atoms with Crippen LogP contribution in [0, 0.1) is 5.92 Å². The summed E-state index contributed by atoms with van der Waals surface area (Å²) < 4.78 is 1.91. The molecule has 0 aromatic carbocycles. The van der Waals surface area contributed by atoms with Gasteiger partial charge in [-0.25, -0.2) is 4.68 Å². The van der Waals surface area contributed by atoms with Crippen LogP contribution in [0.4, 0.5) is 5.82 Å². The topological polar surface area (TPSA) is 43.8 Å². The average Bonchev–Trinajstić information content (AvgIpc) is 2.43. The number of nitrogen functional groups attached to an aromatic ring is 1. The summed E-state index contributed by atoms with van der Waals surface area (Å²) in [5.74, 6) is 1.39. The van der Waals surface area contributed by atoms with Crippen LogP contribution in [0.3, 0.4) is 0 Å². The van der Waals surface area contributed by atoms with Gasteiger partial charge in [0.15, 0.2) is 0 Å². The second kappa shape index (κ2) is 5.03. The first-order valence-corrected chi connectivity index (χ1v) is 5.45. The molecule has 0 atom stereocenters. The van der Waals surface area contributed by atoms with Gasteiger partial charge in [-0.3, -0.25) is 0 Å². The predicted octanol–water partition coefficient (Wildman–Crippen LogP) is 2.46. The summed E-state index contributed by atoms with van der Waals surface area (Å²) in [6.07, 6.45) is 3.45. The average molecular weight is 195 g/mol. The lowest BCUT2D eigenvalue weighted by atomic mass is 10.2. The molecule has 3 nitrogen and oxygen atoms in total. The first-order valence-electron chi connectivity index (χ1n) is 5.45. The fourth-order valence-electron chi connectivity index (χ4n) is 1.46. The zero-order chi connectivity index (χ0) is 10.6. The molecular formula is C11H21N3. The number of hydrogen-bond donors (Lipinski definition) is 1. The third kappa shape index (κ3) is 3.05. The maximum absolute atomic E-state index is 5.86. The molecule has 14 heavy (non-hydrogen) atoms. The van der Waals surface area contributed by atoms with E-state index in [4.69, 9.17) is 5.73 Å². The SMILES string of the molecule is CCCCc1cc(N)n(CC(C)C)n1. The van der Waals surface area contributed by atoms with Gasteiger partial charge >= 0.3 is 0 Å². The molecular weight excluding hydrogens is 174 g/mol. The van der Waals surface area contributed by atoms with Crippen LogP contribution in [0.25, 0.3) is 0 Å². The van der Waals surface area contributed by atoms with Crippen molar-refractivity contribution in [3.8, 4) is 0 Å². The summed E-state index contributed by atoms with van der Waals surface area (Å²) in [4.78, 5) is 0. The molecule has 3 heteroatoms. The molecule has 80 valence electrons. The van der Waals surface area contributed by atoms with E-state index in [1.54, 1.807) is 0 Å². The molecule has 0 saturated carbocycles. The van der Waals surface area contributed by atoms with Crippen LogP contribution in [0.2, 0.25) is 0 Å². The molecule has 0 amide bonds. The van der Waals surface area contributed by atoms with E-state index in [9.17, 15) is 0 Å². The van der Waals surface area contributed by atoms with E-state index < -0.39 is 0 Å². The molecule has 0 aliphatic heterocycles.